The van der Waals surface area contributed by atoms with Gasteiger partial charge in [-0.3, -0.25) is 4.79 Å². The molecule has 1 atom stereocenters. The third-order valence-corrected chi connectivity index (χ3v) is 5.70. The molecule has 2 aromatic carbocycles. The molecule has 3 aromatic rings. The van der Waals surface area contributed by atoms with Crippen LogP contribution in [0.25, 0.3) is 5.69 Å². The minimum absolute atomic E-state index is 0.00262. The molecule has 1 heterocycles. The van der Waals surface area contributed by atoms with Crippen molar-refractivity contribution in [3.63, 3.8) is 0 Å². The van der Waals surface area contributed by atoms with Crippen molar-refractivity contribution in [2.75, 3.05) is 12.8 Å². The summed E-state index contributed by atoms with van der Waals surface area (Å²) < 4.78 is 1.71. The Morgan fingerprint density at radius 1 is 1.19 bits per heavy atom. The Bertz CT molecular complexity index is 866. The van der Waals surface area contributed by atoms with Crippen molar-refractivity contribution in [2.45, 2.75) is 24.3 Å². The van der Waals surface area contributed by atoms with Gasteiger partial charge in [0.1, 0.15) is 12.7 Å². The first-order valence-electron chi connectivity index (χ1n) is 8.63. The van der Waals surface area contributed by atoms with Crippen molar-refractivity contribution < 1.29 is 4.79 Å². The van der Waals surface area contributed by atoms with Gasteiger partial charge in [0.05, 0.1) is 11.7 Å². The quantitative estimate of drug-likeness (QED) is 0.543. The first-order valence-corrected chi connectivity index (χ1v) is 10.00. The minimum Gasteiger partial charge on any atom is -0.339 e. The molecule has 1 amide bonds. The summed E-state index contributed by atoms with van der Waals surface area (Å²) in [5.41, 5.74) is 2.02. The predicted octanol–water partition coefficient (Wildman–Crippen LogP) is 4.62. The van der Waals surface area contributed by atoms with Crippen LogP contribution < -0.4 is 0 Å². The average Bonchev–Trinajstić information content (AvgIpc) is 3.23. The standard InChI is InChI=1S/C20H21ClN4OS/c1-15(16-3-7-18(8-4-16)25-14-22-13-23-25)24(2)20(26)11-12-27-19-9-5-17(21)6-10-19/h3-10,13-15H,11-12H2,1-2H3/t15-/m0/s1. The van der Waals surface area contributed by atoms with E-state index in [9.17, 15) is 4.79 Å². The highest BCUT2D eigenvalue weighted by atomic mass is 35.5. The molecule has 0 N–H and O–H groups in total. The van der Waals surface area contributed by atoms with E-state index in [1.165, 1.54) is 6.33 Å². The second-order valence-corrected chi connectivity index (χ2v) is 7.77. The van der Waals surface area contributed by atoms with Gasteiger partial charge in [-0.05, 0) is 48.9 Å². The normalized spacial score (nSPS) is 12.0. The Hall–Kier alpha value is -2.31. The van der Waals surface area contributed by atoms with Crippen LogP contribution in [-0.4, -0.2) is 38.4 Å². The second-order valence-electron chi connectivity index (χ2n) is 6.16. The Balaban J connectivity index is 1.53. The van der Waals surface area contributed by atoms with Gasteiger partial charge in [-0.15, -0.1) is 11.8 Å². The first-order chi connectivity index (χ1) is 13.0. The van der Waals surface area contributed by atoms with Gasteiger partial charge in [0, 0.05) is 29.1 Å². The van der Waals surface area contributed by atoms with Gasteiger partial charge >= 0.3 is 0 Å². The summed E-state index contributed by atoms with van der Waals surface area (Å²) in [6.07, 6.45) is 3.66. The van der Waals surface area contributed by atoms with Gasteiger partial charge in [0.15, 0.2) is 0 Å². The Morgan fingerprint density at radius 3 is 2.52 bits per heavy atom. The molecule has 0 radical (unpaired) electrons. The highest BCUT2D eigenvalue weighted by Gasteiger charge is 2.17. The summed E-state index contributed by atoms with van der Waals surface area (Å²) >= 11 is 7.55. The van der Waals surface area contributed by atoms with Crippen LogP contribution >= 0.6 is 23.4 Å². The zero-order chi connectivity index (χ0) is 19.2. The molecule has 0 saturated carbocycles. The predicted molar refractivity (Wildman–Crippen MR) is 109 cm³/mol. The molecule has 0 spiro atoms. The lowest BCUT2D eigenvalue weighted by Crippen LogP contribution is -2.29. The van der Waals surface area contributed by atoms with Crippen LogP contribution in [0.1, 0.15) is 24.9 Å². The number of thioether (sulfide) groups is 1. The maximum absolute atomic E-state index is 12.5. The Kier molecular flexibility index (Phi) is 6.53. The molecular formula is C20H21ClN4OS. The van der Waals surface area contributed by atoms with Crippen LogP contribution in [0.5, 0.6) is 0 Å². The monoisotopic (exact) mass is 400 g/mol. The van der Waals surface area contributed by atoms with E-state index in [0.29, 0.717) is 6.42 Å². The minimum atomic E-state index is 0.00262. The highest BCUT2D eigenvalue weighted by molar-refractivity contribution is 7.99. The summed E-state index contributed by atoms with van der Waals surface area (Å²) in [4.78, 5) is 19.4. The van der Waals surface area contributed by atoms with Crippen molar-refractivity contribution >= 4 is 29.3 Å². The van der Waals surface area contributed by atoms with Crippen molar-refractivity contribution in [1.29, 1.82) is 0 Å². The molecule has 1 aromatic heterocycles. The van der Waals surface area contributed by atoms with E-state index < -0.39 is 0 Å². The maximum atomic E-state index is 12.5. The van der Waals surface area contributed by atoms with E-state index in [1.807, 2.05) is 62.5 Å². The summed E-state index contributed by atoms with van der Waals surface area (Å²) in [7, 11) is 1.85. The number of carbonyl (C=O) groups is 1. The van der Waals surface area contributed by atoms with Crippen LogP contribution in [-0.2, 0) is 4.79 Å². The number of nitrogens with zero attached hydrogens (tertiary/aromatic N) is 4. The molecule has 0 saturated heterocycles. The van der Waals surface area contributed by atoms with E-state index in [1.54, 1.807) is 27.7 Å². The molecule has 140 valence electrons. The smallest absolute Gasteiger partial charge is 0.223 e. The average molecular weight is 401 g/mol. The molecule has 3 rings (SSSR count). The fourth-order valence-electron chi connectivity index (χ4n) is 2.65. The van der Waals surface area contributed by atoms with E-state index >= 15 is 0 Å². The first kappa shape index (κ1) is 19.5. The molecule has 5 nitrogen and oxygen atoms in total. The lowest BCUT2D eigenvalue weighted by atomic mass is 10.1. The third kappa shape index (κ3) is 5.11. The Labute approximate surface area is 168 Å². The SMILES string of the molecule is C[C@@H](c1ccc(-n2cncn2)cc1)N(C)C(=O)CCSc1ccc(Cl)cc1. The number of aromatic nitrogens is 3. The number of benzene rings is 2. The third-order valence-electron chi connectivity index (χ3n) is 4.43. The van der Waals surface area contributed by atoms with Crippen LogP contribution in [0, 0.1) is 0 Å². The van der Waals surface area contributed by atoms with Gasteiger partial charge < -0.3 is 4.90 Å². The molecule has 27 heavy (non-hydrogen) atoms. The van der Waals surface area contributed by atoms with Crippen LogP contribution in [0.4, 0.5) is 0 Å². The fraction of sp³-hybridized carbons (Fsp3) is 0.250. The number of halogens is 1. The van der Waals surface area contributed by atoms with Crippen LogP contribution in [0.15, 0.2) is 66.1 Å². The lowest BCUT2D eigenvalue weighted by Gasteiger charge is -2.25. The molecule has 0 aliphatic rings. The number of hydrogen-bond acceptors (Lipinski definition) is 4. The van der Waals surface area contributed by atoms with Gasteiger partial charge in [-0.2, -0.15) is 5.10 Å². The molecule has 0 fully saturated rings. The van der Waals surface area contributed by atoms with Crippen molar-refractivity contribution in [3.05, 3.63) is 71.8 Å². The second kappa shape index (κ2) is 9.06. The molecule has 0 aliphatic heterocycles. The molecule has 0 bridgehead atoms. The largest absolute Gasteiger partial charge is 0.339 e. The van der Waals surface area contributed by atoms with E-state index in [4.69, 9.17) is 11.6 Å². The number of hydrogen-bond donors (Lipinski definition) is 0. The molecule has 0 unspecified atom stereocenters. The van der Waals surface area contributed by atoms with E-state index in [2.05, 4.69) is 10.1 Å². The summed E-state index contributed by atoms with van der Waals surface area (Å²) in [5.74, 6) is 0.868. The van der Waals surface area contributed by atoms with Gasteiger partial charge in [0.2, 0.25) is 5.91 Å². The zero-order valence-corrected chi connectivity index (χ0v) is 16.8. The van der Waals surface area contributed by atoms with Crippen LogP contribution in [0.2, 0.25) is 5.02 Å². The van der Waals surface area contributed by atoms with Gasteiger partial charge in [-0.25, -0.2) is 9.67 Å². The topological polar surface area (TPSA) is 51.0 Å². The molecule has 7 heteroatoms. The molecule has 0 aliphatic carbocycles. The molecular weight excluding hydrogens is 380 g/mol. The van der Waals surface area contributed by atoms with Crippen molar-refractivity contribution in [2.24, 2.45) is 0 Å². The fourth-order valence-corrected chi connectivity index (χ4v) is 3.62. The lowest BCUT2D eigenvalue weighted by molar-refractivity contribution is -0.131. The highest BCUT2D eigenvalue weighted by Crippen LogP contribution is 2.24. The summed E-state index contributed by atoms with van der Waals surface area (Å²) in [6.45, 7) is 2.04. The van der Waals surface area contributed by atoms with E-state index in [-0.39, 0.29) is 11.9 Å². The zero-order valence-electron chi connectivity index (χ0n) is 15.2. The van der Waals surface area contributed by atoms with Crippen molar-refractivity contribution in [3.8, 4) is 5.69 Å². The maximum Gasteiger partial charge on any atom is 0.223 e. The summed E-state index contributed by atoms with van der Waals surface area (Å²) in [6, 6.07) is 15.7. The van der Waals surface area contributed by atoms with E-state index in [0.717, 1.165) is 26.9 Å². The summed E-state index contributed by atoms with van der Waals surface area (Å²) in [5, 5.41) is 4.84. The van der Waals surface area contributed by atoms with Gasteiger partial charge in [-0.1, -0.05) is 23.7 Å². The number of amides is 1. The number of rotatable bonds is 7. The Morgan fingerprint density at radius 2 is 1.89 bits per heavy atom. The van der Waals surface area contributed by atoms with Crippen molar-refractivity contribution in [1.82, 2.24) is 19.7 Å². The van der Waals surface area contributed by atoms with Crippen LogP contribution in [0.3, 0.4) is 0 Å². The van der Waals surface area contributed by atoms with Gasteiger partial charge in [0.25, 0.3) is 0 Å². The number of carbonyl (C=O) groups excluding carboxylic acids is 1.